The number of fused-ring (bicyclic) bond motifs is 7. The maximum absolute atomic E-state index is 7.04. The lowest BCUT2D eigenvalue weighted by Crippen LogP contribution is -2.11. The van der Waals surface area contributed by atoms with E-state index in [-0.39, 0.29) is 0 Å². The third-order valence-electron chi connectivity index (χ3n) is 13.3. The van der Waals surface area contributed by atoms with Crippen LogP contribution in [0, 0.1) is 13.8 Å². The fraction of sp³-hybridized carbons (Fsp3) is 0.129. The number of para-hydroxylation sites is 1. The van der Waals surface area contributed by atoms with E-state index < -0.39 is 0 Å². The van der Waals surface area contributed by atoms with Crippen LogP contribution in [0.4, 0.5) is 34.1 Å². The van der Waals surface area contributed by atoms with Crippen LogP contribution in [-0.2, 0) is 0 Å². The minimum Gasteiger partial charge on any atom is -0.455 e. The summed E-state index contributed by atoms with van der Waals surface area (Å²) >= 11 is 1.83. The van der Waals surface area contributed by atoms with Gasteiger partial charge in [-0.2, -0.15) is 0 Å². The molecule has 0 bridgehead atoms. The smallest absolute Gasteiger partial charge is 0.146 e. The van der Waals surface area contributed by atoms with Crippen LogP contribution in [-0.4, -0.2) is 0 Å². The molecule has 2 aromatic heterocycles. The number of anilines is 6. The fourth-order valence-electron chi connectivity index (χ4n) is 9.67. The van der Waals surface area contributed by atoms with Gasteiger partial charge in [0, 0.05) is 54.0 Å². The van der Waals surface area contributed by atoms with Gasteiger partial charge in [-0.25, -0.2) is 0 Å². The molecule has 0 amide bonds. The van der Waals surface area contributed by atoms with Gasteiger partial charge in [0.15, 0.2) is 0 Å². The Morgan fingerprint density at radius 2 is 0.894 bits per heavy atom. The molecule has 0 aliphatic heterocycles. The van der Waals surface area contributed by atoms with E-state index in [1.165, 1.54) is 59.3 Å². The molecule has 0 N–H and O–H groups in total. The van der Waals surface area contributed by atoms with Crippen LogP contribution in [0.1, 0.15) is 61.8 Å². The number of rotatable bonds is 10. The summed E-state index contributed by atoms with van der Waals surface area (Å²) in [4.78, 5) is 4.85. The number of hydrogen-bond donors (Lipinski definition) is 0. The minimum absolute atomic E-state index is 0.424. The lowest BCUT2D eigenvalue weighted by molar-refractivity contribution is 0.673. The molecule has 0 radical (unpaired) electrons. The summed E-state index contributed by atoms with van der Waals surface area (Å²) in [7, 11) is 0. The molecule has 0 aliphatic carbocycles. The zero-order valence-electron chi connectivity index (χ0n) is 38.3. The molecular formula is C62H52N2OS. The molecular weight excluding hydrogens is 821 g/mol. The van der Waals surface area contributed by atoms with Crippen molar-refractivity contribution in [2.75, 3.05) is 9.80 Å². The van der Waals surface area contributed by atoms with Crippen LogP contribution in [0.2, 0.25) is 0 Å². The quantitative estimate of drug-likeness (QED) is 0.136. The maximum atomic E-state index is 7.04. The molecule has 9 aromatic carbocycles. The van der Waals surface area contributed by atoms with Crippen molar-refractivity contribution in [1.82, 2.24) is 0 Å². The summed E-state index contributed by atoms with van der Waals surface area (Å²) in [5.41, 5.74) is 18.4. The number of furan rings is 1. The van der Waals surface area contributed by atoms with Crippen molar-refractivity contribution in [2.45, 2.75) is 53.4 Å². The Kier molecular flexibility index (Phi) is 10.6. The topological polar surface area (TPSA) is 19.6 Å². The highest BCUT2D eigenvalue weighted by Gasteiger charge is 2.25. The van der Waals surface area contributed by atoms with Gasteiger partial charge in [0.25, 0.3) is 0 Å². The van der Waals surface area contributed by atoms with Gasteiger partial charge in [0.05, 0.1) is 11.1 Å². The minimum atomic E-state index is 0.424. The molecule has 0 saturated heterocycles. The van der Waals surface area contributed by atoms with Gasteiger partial charge in [-0.05, 0) is 143 Å². The van der Waals surface area contributed by atoms with Crippen molar-refractivity contribution in [3.8, 4) is 22.3 Å². The molecule has 66 heavy (non-hydrogen) atoms. The first-order valence-electron chi connectivity index (χ1n) is 23.1. The van der Waals surface area contributed by atoms with Crippen molar-refractivity contribution >= 4 is 87.6 Å². The van der Waals surface area contributed by atoms with E-state index in [2.05, 4.69) is 245 Å². The van der Waals surface area contributed by atoms with E-state index in [0.29, 0.717) is 11.8 Å². The highest BCUT2D eigenvalue weighted by Crippen LogP contribution is 2.51. The predicted molar refractivity (Wildman–Crippen MR) is 284 cm³/mol. The Balaban J connectivity index is 1.14. The van der Waals surface area contributed by atoms with E-state index in [4.69, 9.17) is 4.42 Å². The van der Waals surface area contributed by atoms with Crippen molar-refractivity contribution in [3.05, 3.63) is 216 Å². The van der Waals surface area contributed by atoms with Crippen LogP contribution < -0.4 is 9.80 Å². The fourth-order valence-corrected chi connectivity index (χ4v) is 10.8. The van der Waals surface area contributed by atoms with Gasteiger partial charge in [0.1, 0.15) is 11.2 Å². The first-order valence-corrected chi connectivity index (χ1v) is 23.9. The average Bonchev–Trinajstić information content (AvgIpc) is 3.92. The monoisotopic (exact) mass is 872 g/mol. The normalized spacial score (nSPS) is 11.8. The molecule has 3 nitrogen and oxygen atoms in total. The number of thiophene rings is 1. The van der Waals surface area contributed by atoms with Crippen LogP contribution >= 0.6 is 11.3 Å². The van der Waals surface area contributed by atoms with E-state index in [9.17, 15) is 0 Å². The average molecular weight is 873 g/mol. The summed E-state index contributed by atoms with van der Waals surface area (Å²) in [6, 6.07) is 71.3. The zero-order chi connectivity index (χ0) is 45.1. The van der Waals surface area contributed by atoms with Gasteiger partial charge >= 0.3 is 0 Å². The van der Waals surface area contributed by atoms with Gasteiger partial charge in [0.2, 0.25) is 0 Å². The van der Waals surface area contributed by atoms with Gasteiger partial charge < -0.3 is 14.2 Å². The molecule has 11 aromatic rings. The number of nitrogens with zero attached hydrogens (tertiary/aromatic N) is 2. The third kappa shape index (κ3) is 7.32. The number of hydrogen-bond acceptors (Lipinski definition) is 4. The molecule has 0 fully saturated rings. The molecule has 2 heterocycles. The van der Waals surface area contributed by atoms with Crippen molar-refractivity contribution in [3.63, 3.8) is 0 Å². The Morgan fingerprint density at radius 3 is 1.47 bits per heavy atom. The first-order chi connectivity index (χ1) is 32.2. The van der Waals surface area contributed by atoms with E-state index in [1.54, 1.807) is 0 Å². The Bertz CT molecular complexity index is 3550. The summed E-state index contributed by atoms with van der Waals surface area (Å²) in [5, 5.41) is 4.55. The molecule has 0 unspecified atom stereocenters. The second-order valence-corrected chi connectivity index (χ2v) is 19.3. The van der Waals surface area contributed by atoms with Gasteiger partial charge in [-0.1, -0.05) is 149 Å². The SMILES string of the molecule is Cc1ccc(N(c2ccc(C(C)C)cc2)c2ccc3c(c2)sc2cc(N(c4ccc(C(C)C)cc4)c4ccc(C)c(-c5ccccc5)c4)c4c5ccccc5oc4c23)cc1-c1ccccc1. The van der Waals surface area contributed by atoms with Crippen molar-refractivity contribution in [1.29, 1.82) is 0 Å². The Labute approximate surface area is 391 Å². The molecule has 4 heteroatoms. The number of benzene rings is 9. The Morgan fingerprint density at radius 1 is 0.409 bits per heavy atom. The number of aryl methyl sites for hydroxylation is 2. The van der Waals surface area contributed by atoms with Gasteiger partial charge in [-0.15, -0.1) is 11.3 Å². The molecule has 0 spiro atoms. The maximum Gasteiger partial charge on any atom is 0.146 e. The van der Waals surface area contributed by atoms with Gasteiger partial charge in [-0.3, -0.25) is 0 Å². The lowest BCUT2D eigenvalue weighted by atomic mass is 9.98. The lowest BCUT2D eigenvalue weighted by Gasteiger charge is -2.28. The Hall–Kier alpha value is -7.40. The first kappa shape index (κ1) is 41.3. The summed E-state index contributed by atoms with van der Waals surface area (Å²) in [5.74, 6) is 0.867. The molecule has 322 valence electrons. The second-order valence-electron chi connectivity index (χ2n) is 18.2. The van der Waals surface area contributed by atoms with Crippen LogP contribution in [0.3, 0.4) is 0 Å². The van der Waals surface area contributed by atoms with Crippen LogP contribution in [0.15, 0.2) is 199 Å². The second kappa shape index (κ2) is 16.9. The molecule has 0 saturated carbocycles. The van der Waals surface area contributed by atoms with Crippen molar-refractivity contribution in [2.24, 2.45) is 0 Å². The van der Waals surface area contributed by atoms with Crippen LogP contribution in [0.5, 0.6) is 0 Å². The summed E-state index contributed by atoms with van der Waals surface area (Å²) < 4.78 is 9.42. The van der Waals surface area contributed by atoms with E-state index in [0.717, 1.165) is 61.4 Å². The molecule has 0 aliphatic rings. The highest BCUT2D eigenvalue weighted by molar-refractivity contribution is 7.26. The third-order valence-corrected chi connectivity index (χ3v) is 14.4. The van der Waals surface area contributed by atoms with Crippen LogP contribution in [0.25, 0.3) is 64.4 Å². The van der Waals surface area contributed by atoms with E-state index >= 15 is 0 Å². The summed E-state index contributed by atoms with van der Waals surface area (Å²) in [6.07, 6.45) is 0. The van der Waals surface area contributed by atoms with E-state index in [1.807, 2.05) is 11.3 Å². The molecule has 0 atom stereocenters. The summed E-state index contributed by atoms with van der Waals surface area (Å²) in [6.45, 7) is 13.4. The highest BCUT2D eigenvalue weighted by atomic mass is 32.1. The van der Waals surface area contributed by atoms with Crippen molar-refractivity contribution < 1.29 is 4.42 Å². The predicted octanol–water partition coefficient (Wildman–Crippen LogP) is 19.1. The standard InChI is InChI=1S/C62H52N2OS/c1-39(2)43-23-29-47(30-24-43)63(49-27-21-41(5)54(35-49)45-15-9-7-10-16-45)51-33-34-53-58(37-51)66-59-38-56(60-52-19-13-14-20-57(52)65-62(60)61(53)59)64(48-31-25-44(26-32-48)40(3)4)50-28-22-42(6)55(36-50)46-17-11-8-12-18-46/h7-40H,1-6H3. The molecule has 11 rings (SSSR count). The largest absolute Gasteiger partial charge is 0.455 e. The zero-order valence-corrected chi connectivity index (χ0v) is 39.2.